The van der Waals surface area contributed by atoms with Crippen LogP contribution in [0.2, 0.25) is 0 Å². The Balaban J connectivity index is 2.16. The second kappa shape index (κ2) is 4.79. The molecule has 0 aliphatic heterocycles. The predicted octanol–water partition coefficient (Wildman–Crippen LogP) is 0.902. The summed E-state index contributed by atoms with van der Waals surface area (Å²) in [6.07, 6.45) is 1.57. The molecule has 0 atom stereocenters. The third-order valence-corrected chi connectivity index (χ3v) is 3.91. The summed E-state index contributed by atoms with van der Waals surface area (Å²) in [5.74, 6) is -0.0858. The molecular weight excluding hydrogens is 254 g/mol. The molecule has 0 radical (unpaired) electrons. The molecule has 1 aromatic carbocycles. The van der Waals surface area contributed by atoms with Crippen LogP contribution in [0, 0.1) is 6.92 Å². The van der Waals surface area contributed by atoms with Gasteiger partial charge >= 0.3 is 0 Å². The Hall–Kier alpha value is -1.86. The lowest BCUT2D eigenvalue weighted by Gasteiger charge is -2.06. The smallest absolute Gasteiger partial charge is 0.241 e. The maximum atomic E-state index is 11.9. The second-order valence-electron chi connectivity index (χ2n) is 3.84. The van der Waals surface area contributed by atoms with Crippen molar-refractivity contribution in [2.24, 2.45) is 0 Å². The van der Waals surface area contributed by atoms with Crippen LogP contribution in [0.25, 0.3) is 0 Å². The molecule has 7 heteroatoms. The average molecular weight is 267 g/mol. The number of H-pyrrole nitrogens is 1. The highest BCUT2D eigenvalue weighted by Gasteiger charge is 2.14. The van der Waals surface area contributed by atoms with Crippen molar-refractivity contribution in [3.05, 3.63) is 41.7 Å². The SMILES string of the molecule is Cc1[nH]ncc1CNS(=O)(=O)c1cccc(O)c1. The molecule has 3 N–H and O–H groups in total. The van der Waals surface area contributed by atoms with E-state index in [2.05, 4.69) is 14.9 Å². The molecule has 0 aliphatic carbocycles. The van der Waals surface area contributed by atoms with Crippen molar-refractivity contribution in [2.45, 2.75) is 18.4 Å². The van der Waals surface area contributed by atoms with E-state index in [1.165, 1.54) is 24.3 Å². The van der Waals surface area contributed by atoms with Crippen LogP contribution in [-0.2, 0) is 16.6 Å². The molecule has 0 saturated carbocycles. The monoisotopic (exact) mass is 267 g/mol. The normalized spacial score (nSPS) is 11.6. The first-order chi connectivity index (χ1) is 8.49. The number of benzene rings is 1. The number of hydrogen-bond donors (Lipinski definition) is 3. The average Bonchev–Trinajstić information content (AvgIpc) is 2.72. The number of hydrogen-bond acceptors (Lipinski definition) is 4. The number of nitrogens with zero attached hydrogens (tertiary/aromatic N) is 1. The van der Waals surface area contributed by atoms with Gasteiger partial charge in [0.15, 0.2) is 0 Å². The molecule has 0 spiro atoms. The molecule has 6 nitrogen and oxygen atoms in total. The van der Waals surface area contributed by atoms with E-state index in [1.54, 1.807) is 6.20 Å². The molecule has 18 heavy (non-hydrogen) atoms. The van der Waals surface area contributed by atoms with Gasteiger partial charge in [-0.3, -0.25) is 5.10 Å². The number of phenols is 1. The van der Waals surface area contributed by atoms with Crippen molar-refractivity contribution >= 4 is 10.0 Å². The zero-order valence-electron chi connectivity index (χ0n) is 9.71. The summed E-state index contributed by atoms with van der Waals surface area (Å²) in [5, 5.41) is 15.8. The van der Waals surface area contributed by atoms with Crippen LogP contribution in [0.4, 0.5) is 0 Å². The van der Waals surface area contributed by atoms with Crippen LogP contribution >= 0.6 is 0 Å². The molecule has 0 bridgehead atoms. The van der Waals surface area contributed by atoms with Crippen LogP contribution in [-0.4, -0.2) is 23.7 Å². The summed E-state index contributed by atoms with van der Waals surface area (Å²) in [4.78, 5) is 0.0312. The highest BCUT2D eigenvalue weighted by molar-refractivity contribution is 7.89. The maximum Gasteiger partial charge on any atom is 0.241 e. The number of aryl methyl sites for hydroxylation is 1. The van der Waals surface area contributed by atoms with Crippen molar-refractivity contribution in [3.63, 3.8) is 0 Å². The Labute approximate surface area is 105 Å². The van der Waals surface area contributed by atoms with Crippen LogP contribution in [0.3, 0.4) is 0 Å². The van der Waals surface area contributed by atoms with Crippen LogP contribution in [0.1, 0.15) is 11.3 Å². The lowest BCUT2D eigenvalue weighted by atomic mass is 10.3. The Bertz CT molecular complexity index is 649. The Kier molecular flexibility index (Phi) is 3.35. The highest BCUT2D eigenvalue weighted by atomic mass is 32.2. The van der Waals surface area contributed by atoms with Gasteiger partial charge < -0.3 is 5.11 Å². The minimum absolute atomic E-state index is 0.0312. The maximum absolute atomic E-state index is 11.9. The summed E-state index contributed by atoms with van der Waals surface area (Å²) in [5.41, 5.74) is 1.59. The molecule has 96 valence electrons. The van der Waals surface area contributed by atoms with E-state index < -0.39 is 10.0 Å². The number of nitrogens with one attached hydrogen (secondary N) is 2. The minimum Gasteiger partial charge on any atom is -0.508 e. The number of aromatic amines is 1. The van der Waals surface area contributed by atoms with Crippen LogP contribution in [0.5, 0.6) is 5.75 Å². The van der Waals surface area contributed by atoms with Crippen molar-refractivity contribution in [1.29, 1.82) is 0 Å². The van der Waals surface area contributed by atoms with E-state index >= 15 is 0 Å². The van der Waals surface area contributed by atoms with Crippen molar-refractivity contribution < 1.29 is 13.5 Å². The van der Waals surface area contributed by atoms with Gasteiger partial charge in [-0.25, -0.2) is 13.1 Å². The zero-order valence-corrected chi connectivity index (χ0v) is 10.5. The molecule has 0 saturated heterocycles. The molecule has 0 amide bonds. The summed E-state index contributed by atoms with van der Waals surface area (Å²) >= 11 is 0. The van der Waals surface area contributed by atoms with Gasteiger partial charge in [-0.2, -0.15) is 5.10 Å². The zero-order chi connectivity index (χ0) is 13.2. The fraction of sp³-hybridized carbons (Fsp3) is 0.182. The van der Waals surface area contributed by atoms with Gasteiger partial charge in [-0.05, 0) is 25.1 Å². The molecule has 0 unspecified atom stereocenters. The summed E-state index contributed by atoms with van der Waals surface area (Å²) in [7, 11) is -3.63. The van der Waals surface area contributed by atoms with E-state index in [0.717, 1.165) is 11.3 Å². The molecule has 2 rings (SSSR count). The van der Waals surface area contributed by atoms with E-state index in [-0.39, 0.29) is 17.2 Å². The van der Waals surface area contributed by atoms with Gasteiger partial charge in [0.2, 0.25) is 10.0 Å². The van der Waals surface area contributed by atoms with Crippen LogP contribution in [0.15, 0.2) is 35.4 Å². The molecule has 2 aromatic rings. The van der Waals surface area contributed by atoms with E-state index in [1.807, 2.05) is 6.92 Å². The van der Waals surface area contributed by atoms with Gasteiger partial charge in [-0.15, -0.1) is 0 Å². The highest BCUT2D eigenvalue weighted by Crippen LogP contribution is 2.16. The quantitative estimate of drug-likeness (QED) is 0.767. The van der Waals surface area contributed by atoms with Crippen molar-refractivity contribution in [2.75, 3.05) is 0 Å². The number of phenolic OH excluding ortho intramolecular Hbond substituents is 1. The minimum atomic E-state index is -3.63. The first-order valence-electron chi connectivity index (χ1n) is 5.26. The van der Waals surface area contributed by atoms with Crippen LogP contribution < -0.4 is 4.72 Å². The standard InChI is InChI=1S/C11H13N3O3S/c1-8-9(6-12-14-8)7-13-18(16,17)11-4-2-3-10(15)5-11/h2-6,13,15H,7H2,1H3,(H,12,14). The van der Waals surface area contributed by atoms with Gasteiger partial charge in [0.05, 0.1) is 11.1 Å². The summed E-state index contributed by atoms with van der Waals surface area (Å²) in [6.45, 7) is 1.96. The van der Waals surface area contributed by atoms with E-state index in [0.29, 0.717) is 0 Å². The van der Waals surface area contributed by atoms with Crippen molar-refractivity contribution in [3.8, 4) is 5.75 Å². The molecule has 0 aliphatic rings. The van der Waals surface area contributed by atoms with Gasteiger partial charge in [0.1, 0.15) is 5.75 Å². The molecule has 1 heterocycles. The predicted molar refractivity (Wildman–Crippen MR) is 65.5 cm³/mol. The number of aromatic nitrogens is 2. The van der Waals surface area contributed by atoms with Gasteiger partial charge in [-0.1, -0.05) is 6.07 Å². The largest absolute Gasteiger partial charge is 0.508 e. The first kappa shape index (κ1) is 12.6. The summed E-state index contributed by atoms with van der Waals surface area (Å²) < 4.78 is 26.3. The number of aromatic hydroxyl groups is 1. The summed E-state index contributed by atoms with van der Waals surface area (Å²) in [6, 6.07) is 5.51. The molecule has 1 aromatic heterocycles. The molecule has 0 fully saturated rings. The topological polar surface area (TPSA) is 95.1 Å². The third-order valence-electron chi connectivity index (χ3n) is 2.51. The Morgan fingerprint density at radius 2 is 2.22 bits per heavy atom. The van der Waals surface area contributed by atoms with Gasteiger partial charge in [0.25, 0.3) is 0 Å². The van der Waals surface area contributed by atoms with Crippen molar-refractivity contribution in [1.82, 2.24) is 14.9 Å². The third kappa shape index (κ3) is 2.69. The fourth-order valence-corrected chi connectivity index (χ4v) is 2.51. The Morgan fingerprint density at radius 3 is 2.83 bits per heavy atom. The second-order valence-corrected chi connectivity index (χ2v) is 5.61. The van der Waals surface area contributed by atoms with E-state index in [4.69, 9.17) is 0 Å². The van der Waals surface area contributed by atoms with Gasteiger partial charge in [0, 0.05) is 17.8 Å². The molecular formula is C11H13N3O3S. The first-order valence-corrected chi connectivity index (χ1v) is 6.75. The fourth-order valence-electron chi connectivity index (χ4n) is 1.46. The number of rotatable bonds is 4. The lowest BCUT2D eigenvalue weighted by molar-refractivity contribution is 0.473. The van der Waals surface area contributed by atoms with E-state index in [9.17, 15) is 13.5 Å². The lowest BCUT2D eigenvalue weighted by Crippen LogP contribution is -2.23. The Morgan fingerprint density at radius 1 is 1.44 bits per heavy atom. The number of sulfonamides is 1.